The second-order valence-electron chi connectivity index (χ2n) is 9.29. The molecule has 1 aliphatic carbocycles. The van der Waals surface area contributed by atoms with Crippen LogP contribution in [0.1, 0.15) is 66.2 Å². The summed E-state index contributed by atoms with van der Waals surface area (Å²) in [6.07, 6.45) is 5.72. The fourth-order valence-electron chi connectivity index (χ4n) is 5.07. The van der Waals surface area contributed by atoms with Gasteiger partial charge in [-0.25, -0.2) is 0 Å². The molecule has 146 valence electrons. The minimum Gasteiger partial charge on any atom is -0.338 e. The minimum absolute atomic E-state index is 0.0746. The molecule has 0 N–H and O–H groups in total. The minimum atomic E-state index is -0.246. The van der Waals surface area contributed by atoms with Crippen molar-refractivity contribution in [3.8, 4) is 0 Å². The lowest BCUT2D eigenvalue weighted by molar-refractivity contribution is -0.152. The van der Waals surface area contributed by atoms with Gasteiger partial charge in [0.05, 0.1) is 11.5 Å². The molecule has 26 heavy (non-hydrogen) atoms. The Morgan fingerprint density at radius 3 is 2.27 bits per heavy atom. The molecule has 2 saturated heterocycles. The molecule has 1 atom stereocenters. The van der Waals surface area contributed by atoms with Gasteiger partial charge in [-0.1, -0.05) is 19.3 Å². The number of nitrogens with zero attached hydrogens (tertiary/aromatic N) is 3. The summed E-state index contributed by atoms with van der Waals surface area (Å²) in [7, 11) is 0. The van der Waals surface area contributed by atoms with Crippen LogP contribution in [0.4, 0.5) is 0 Å². The van der Waals surface area contributed by atoms with Gasteiger partial charge < -0.3 is 14.7 Å². The number of piperazine rings is 1. The molecule has 0 aromatic heterocycles. The van der Waals surface area contributed by atoms with Crippen molar-refractivity contribution in [3.05, 3.63) is 0 Å². The highest BCUT2D eigenvalue weighted by Crippen LogP contribution is 2.37. The van der Waals surface area contributed by atoms with Crippen molar-refractivity contribution in [2.24, 2.45) is 5.92 Å². The highest BCUT2D eigenvalue weighted by Gasteiger charge is 2.47. The Morgan fingerprint density at radius 2 is 1.73 bits per heavy atom. The molecule has 1 saturated carbocycles. The van der Waals surface area contributed by atoms with Crippen LogP contribution in [0.2, 0.25) is 0 Å². The first kappa shape index (κ1) is 19.2. The van der Waals surface area contributed by atoms with Gasteiger partial charge in [-0.3, -0.25) is 14.4 Å². The number of likely N-dealkylation sites (tertiary alicyclic amines) is 1. The number of hydrogen-bond donors (Lipinski definition) is 0. The van der Waals surface area contributed by atoms with Gasteiger partial charge in [0.25, 0.3) is 0 Å². The number of carbonyl (C=O) groups excluding carboxylic acids is 3. The molecule has 2 heterocycles. The van der Waals surface area contributed by atoms with Crippen molar-refractivity contribution in [1.82, 2.24) is 14.7 Å². The van der Waals surface area contributed by atoms with Crippen LogP contribution in [-0.4, -0.2) is 69.7 Å². The van der Waals surface area contributed by atoms with Gasteiger partial charge in [0.15, 0.2) is 0 Å². The lowest BCUT2D eigenvalue weighted by Crippen LogP contribution is -2.65. The first-order valence-corrected chi connectivity index (χ1v) is 10.0. The maximum absolute atomic E-state index is 13.2. The zero-order valence-corrected chi connectivity index (χ0v) is 16.7. The molecule has 3 rings (SSSR count). The molecule has 3 fully saturated rings. The van der Waals surface area contributed by atoms with E-state index in [1.807, 2.05) is 35.5 Å². The van der Waals surface area contributed by atoms with Gasteiger partial charge in [-0.05, 0) is 33.6 Å². The van der Waals surface area contributed by atoms with E-state index in [4.69, 9.17) is 0 Å². The molecule has 0 aromatic carbocycles. The highest BCUT2D eigenvalue weighted by molar-refractivity contribution is 5.90. The Hall–Kier alpha value is -1.59. The highest BCUT2D eigenvalue weighted by atomic mass is 16.2. The van der Waals surface area contributed by atoms with E-state index < -0.39 is 0 Å². The van der Waals surface area contributed by atoms with Gasteiger partial charge >= 0.3 is 0 Å². The molecule has 6 nitrogen and oxygen atoms in total. The molecular weight excluding hydrogens is 330 g/mol. The normalized spacial score (nSPS) is 26.5. The van der Waals surface area contributed by atoms with Gasteiger partial charge in [-0.2, -0.15) is 0 Å². The molecule has 0 radical (unpaired) electrons. The number of rotatable bonds is 1. The largest absolute Gasteiger partial charge is 0.338 e. The summed E-state index contributed by atoms with van der Waals surface area (Å²) >= 11 is 0. The summed E-state index contributed by atoms with van der Waals surface area (Å²) in [6, 6.07) is 0. The Balaban J connectivity index is 1.73. The van der Waals surface area contributed by atoms with Crippen LogP contribution in [0, 0.1) is 5.92 Å². The van der Waals surface area contributed by atoms with Gasteiger partial charge in [-0.15, -0.1) is 0 Å². The maximum atomic E-state index is 13.2. The number of amides is 3. The third kappa shape index (κ3) is 3.47. The molecule has 1 spiro atoms. The summed E-state index contributed by atoms with van der Waals surface area (Å²) in [5.74, 6) is 0.0454. The van der Waals surface area contributed by atoms with E-state index in [2.05, 4.69) is 0 Å². The summed E-state index contributed by atoms with van der Waals surface area (Å²) in [5.41, 5.74) is -0.436. The van der Waals surface area contributed by atoms with Crippen molar-refractivity contribution in [1.29, 1.82) is 0 Å². The molecule has 3 amide bonds. The van der Waals surface area contributed by atoms with Crippen LogP contribution < -0.4 is 0 Å². The summed E-state index contributed by atoms with van der Waals surface area (Å²) < 4.78 is 0. The third-order valence-electron chi connectivity index (χ3n) is 6.41. The average molecular weight is 364 g/mol. The van der Waals surface area contributed by atoms with E-state index in [9.17, 15) is 14.4 Å². The molecule has 6 heteroatoms. The zero-order chi connectivity index (χ0) is 19.1. The number of carbonyl (C=O) groups is 3. The lowest BCUT2D eigenvalue weighted by Gasteiger charge is -2.53. The van der Waals surface area contributed by atoms with Crippen molar-refractivity contribution in [2.45, 2.75) is 77.3 Å². The van der Waals surface area contributed by atoms with E-state index >= 15 is 0 Å². The zero-order valence-electron chi connectivity index (χ0n) is 16.7. The van der Waals surface area contributed by atoms with Crippen LogP contribution in [-0.2, 0) is 14.4 Å². The third-order valence-corrected chi connectivity index (χ3v) is 6.41. The van der Waals surface area contributed by atoms with Gasteiger partial charge in [0.2, 0.25) is 17.7 Å². The topological polar surface area (TPSA) is 60.9 Å². The monoisotopic (exact) mass is 363 g/mol. The Bertz CT molecular complexity index is 590. The molecule has 0 aromatic rings. The smallest absolute Gasteiger partial charge is 0.228 e. The van der Waals surface area contributed by atoms with Crippen LogP contribution >= 0.6 is 0 Å². The van der Waals surface area contributed by atoms with Crippen molar-refractivity contribution < 1.29 is 14.4 Å². The summed E-state index contributed by atoms with van der Waals surface area (Å²) in [5, 5.41) is 0. The van der Waals surface area contributed by atoms with Crippen molar-refractivity contribution in [2.75, 3.05) is 26.2 Å². The maximum Gasteiger partial charge on any atom is 0.228 e. The van der Waals surface area contributed by atoms with Crippen LogP contribution in [0.3, 0.4) is 0 Å². The first-order chi connectivity index (χ1) is 12.1. The Morgan fingerprint density at radius 1 is 1.08 bits per heavy atom. The Labute approximate surface area is 156 Å². The molecular formula is C20H33N3O3. The van der Waals surface area contributed by atoms with Crippen LogP contribution in [0.15, 0.2) is 0 Å². The quantitative estimate of drug-likeness (QED) is 0.716. The Kier molecular flexibility index (Phi) is 5.06. The van der Waals surface area contributed by atoms with E-state index in [1.165, 1.54) is 6.42 Å². The first-order valence-electron chi connectivity index (χ1n) is 10.0. The fraction of sp³-hybridized carbons (Fsp3) is 0.850. The molecule has 0 bridgehead atoms. The lowest BCUT2D eigenvalue weighted by atomic mass is 9.78. The van der Waals surface area contributed by atoms with E-state index in [0.717, 1.165) is 25.7 Å². The van der Waals surface area contributed by atoms with E-state index in [-0.39, 0.29) is 34.7 Å². The SMILES string of the molecule is CC(=O)N1CCN(C(=O)C2CC(=O)N(C(C)(C)C)C2)CC12CCCCC2. The van der Waals surface area contributed by atoms with Gasteiger partial charge in [0, 0.05) is 45.1 Å². The second kappa shape index (κ2) is 6.86. The average Bonchev–Trinajstić information content (AvgIpc) is 2.96. The molecule has 2 aliphatic heterocycles. The standard InChI is InChI=1S/C20H33N3O3/c1-15(24)22-11-10-21(14-20(22)8-6-5-7-9-20)18(26)16-12-17(25)23(13-16)19(2,3)4/h16H,5-14H2,1-4H3. The van der Waals surface area contributed by atoms with Crippen LogP contribution in [0.25, 0.3) is 0 Å². The summed E-state index contributed by atoms with van der Waals surface area (Å²) in [6.45, 7) is 10.0. The second-order valence-corrected chi connectivity index (χ2v) is 9.29. The fourth-order valence-corrected chi connectivity index (χ4v) is 5.07. The number of hydrogen-bond acceptors (Lipinski definition) is 3. The molecule has 1 unspecified atom stereocenters. The van der Waals surface area contributed by atoms with Gasteiger partial charge in [0.1, 0.15) is 0 Å². The van der Waals surface area contributed by atoms with E-state index in [1.54, 1.807) is 6.92 Å². The predicted molar refractivity (Wildman–Crippen MR) is 99.4 cm³/mol. The van der Waals surface area contributed by atoms with Crippen molar-refractivity contribution >= 4 is 17.7 Å². The molecule has 3 aliphatic rings. The van der Waals surface area contributed by atoms with E-state index in [0.29, 0.717) is 32.6 Å². The predicted octanol–water partition coefficient (Wildman–Crippen LogP) is 2.03. The van der Waals surface area contributed by atoms with Crippen LogP contribution in [0.5, 0.6) is 0 Å². The van der Waals surface area contributed by atoms with Crippen molar-refractivity contribution in [3.63, 3.8) is 0 Å². The summed E-state index contributed by atoms with van der Waals surface area (Å²) in [4.78, 5) is 43.5.